The first kappa shape index (κ1) is 16.1. The third-order valence-electron chi connectivity index (χ3n) is 3.38. The summed E-state index contributed by atoms with van der Waals surface area (Å²) in [5.74, 6) is -2.32. The fraction of sp³-hybridized carbons (Fsp3) is 0.0769. The standard InChI is InChI=1S/C13H12FN3O6S/c14-11-8-2-1-7(15-13(20)21)3-6(8)4-9(18)12(11)17-5-10(19)16-24(17,22)23/h1-4,15,18,22-23H,5H2,(H,16,19)(H,20,21). The van der Waals surface area contributed by atoms with Crippen molar-refractivity contribution in [2.24, 2.45) is 0 Å². The molecule has 2 aromatic carbocycles. The number of halogens is 1. The van der Waals surface area contributed by atoms with Gasteiger partial charge in [0, 0.05) is 11.1 Å². The Labute approximate surface area is 135 Å². The van der Waals surface area contributed by atoms with Gasteiger partial charge in [-0.1, -0.05) is 0 Å². The number of amides is 2. The molecule has 0 aromatic heterocycles. The first-order valence-corrected chi connectivity index (χ1v) is 8.01. The van der Waals surface area contributed by atoms with E-state index in [9.17, 15) is 28.2 Å². The fourth-order valence-electron chi connectivity index (χ4n) is 2.44. The van der Waals surface area contributed by atoms with Gasteiger partial charge in [-0.3, -0.25) is 19.2 Å². The van der Waals surface area contributed by atoms with Crippen molar-refractivity contribution in [2.75, 3.05) is 16.2 Å². The molecule has 0 spiro atoms. The molecule has 24 heavy (non-hydrogen) atoms. The number of carboxylic acid groups (broad SMARTS) is 1. The summed E-state index contributed by atoms with van der Waals surface area (Å²) in [6.45, 7) is -0.531. The molecule has 2 amide bonds. The highest BCUT2D eigenvalue weighted by molar-refractivity contribution is 8.24. The maximum absolute atomic E-state index is 14.8. The number of anilines is 2. The highest BCUT2D eigenvalue weighted by Gasteiger charge is 2.38. The molecule has 0 bridgehead atoms. The second kappa shape index (κ2) is 5.40. The molecule has 1 aliphatic heterocycles. The molecule has 0 saturated carbocycles. The number of hydrogen-bond donors (Lipinski definition) is 6. The molecule has 0 radical (unpaired) electrons. The van der Waals surface area contributed by atoms with Gasteiger partial charge < -0.3 is 10.2 Å². The molecule has 1 fully saturated rings. The maximum Gasteiger partial charge on any atom is 0.409 e. The van der Waals surface area contributed by atoms with E-state index in [2.05, 4.69) is 5.32 Å². The van der Waals surface area contributed by atoms with Crippen LogP contribution < -0.4 is 14.3 Å². The number of nitrogens with zero attached hydrogens (tertiary/aromatic N) is 1. The van der Waals surface area contributed by atoms with Crippen molar-refractivity contribution >= 4 is 45.1 Å². The summed E-state index contributed by atoms with van der Waals surface area (Å²) in [5, 5.41) is 21.1. The van der Waals surface area contributed by atoms with Gasteiger partial charge in [-0.15, -0.1) is 0 Å². The number of carbonyl (C=O) groups is 2. The number of carbonyl (C=O) groups excluding carboxylic acids is 1. The molecular weight excluding hydrogens is 345 g/mol. The lowest BCUT2D eigenvalue weighted by atomic mass is 10.1. The quantitative estimate of drug-likeness (QED) is 0.484. The zero-order chi connectivity index (χ0) is 17.6. The number of aromatic hydroxyl groups is 1. The van der Waals surface area contributed by atoms with Gasteiger partial charge in [-0.2, -0.15) is 0 Å². The minimum absolute atomic E-state index is 0.00767. The van der Waals surface area contributed by atoms with Crippen LogP contribution in [-0.2, 0) is 4.79 Å². The Morgan fingerprint density at radius 1 is 1.33 bits per heavy atom. The van der Waals surface area contributed by atoms with Crippen LogP contribution in [0.1, 0.15) is 0 Å². The van der Waals surface area contributed by atoms with Crippen molar-refractivity contribution in [3.8, 4) is 5.75 Å². The van der Waals surface area contributed by atoms with E-state index in [-0.39, 0.29) is 16.5 Å². The van der Waals surface area contributed by atoms with Gasteiger partial charge in [-0.25, -0.2) is 18.2 Å². The number of benzene rings is 2. The second-order valence-corrected chi connectivity index (χ2v) is 6.69. The molecular formula is C13H12FN3O6S. The maximum atomic E-state index is 14.8. The van der Waals surface area contributed by atoms with E-state index in [1.165, 1.54) is 18.2 Å². The molecule has 11 heteroatoms. The number of phenols is 1. The summed E-state index contributed by atoms with van der Waals surface area (Å²) in [4.78, 5) is 22.0. The SMILES string of the molecule is O=C(O)Nc1ccc2c(F)c(N3CC(=O)NS3(O)O)c(O)cc2c1. The zero-order valence-corrected chi connectivity index (χ0v) is 12.7. The van der Waals surface area contributed by atoms with Crippen molar-refractivity contribution in [3.63, 3.8) is 0 Å². The predicted octanol–water partition coefficient (Wildman–Crippen LogP) is 2.29. The second-order valence-electron chi connectivity index (χ2n) is 5.01. The van der Waals surface area contributed by atoms with E-state index in [4.69, 9.17) is 5.11 Å². The van der Waals surface area contributed by atoms with Crippen LogP contribution in [-0.4, -0.2) is 37.9 Å². The van der Waals surface area contributed by atoms with Crippen molar-refractivity contribution in [1.82, 2.24) is 4.72 Å². The monoisotopic (exact) mass is 357 g/mol. The summed E-state index contributed by atoms with van der Waals surface area (Å²) < 4.78 is 37.0. The van der Waals surface area contributed by atoms with Gasteiger partial charge in [0.2, 0.25) is 0 Å². The van der Waals surface area contributed by atoms with E-state index in [1.54, 1.807) is 0 Å². The Kier molecular flexibility index (Phi) is 3.63. The average molecular weight is 357 g/mol. The van der Waals surface area contributed by atoms with Gasteiger partial charge in [0.05, 0.1) is 0 Å². The summed E-state index contributed by atoms with van der Waals surface area (Å²) in [6, 6.07) is 5.03. The highest BCUT2D eigenvalue weighted by Crippen LogP contribution is 2.50. The fourth-order valence-corrected chi connectivity index (χ4v) is 3.65. The minimum atomic E-state index is -3.78. The Bertz CT molecular complexity index is 874. The normalized spacial score (nSPS) is 17.6. The average Bonchev–Trinajstić information content (AvgIpc) is 2.70. The molecule has 2 aromatic rings. The number of rotatable bonds is 2. The van der Waals surface area contributed by atoms with Crippen LogP contribution in [0, 0.1) is 5.82 Å². The smallest absolute Gasteiger partial charge is 0.409 e. The predicted molar refractivity (Wildman–Crippen MR) is 85.6 cm³/mol. The van der Waals surface area contributed by atoms with Crippen LogP contribution in [0.5, 0.6) is 5.75 Å². The lowest BCUT2D eigenvalue weighted by molar-refractivity contribution is -0.117. The zero-order valence-electron chi connectivity index (χ0n) is 11.9. The highest BCUT2D eigenvalue weighted by atomic mass is 32.3. The molecule has 6 N–H and O–H groups in total. The number of fused-ring (bicyclic) bond motifs is 1. The topological polar surface area (TPSA) is 142 Å². The molecule has 128 valence electrons. The summed E-state index contributed by atoms with van der Waals surface area (Å²) in [7, 11) is -3.78. The van der Waals surface area contributed by atoms with Crippen LogP contribution in [0.4, 0.5) is 20.6 Å². The molecule has 1 saturated heterocycles. The Morgan fingerprint density at radius 3 is 2.62 bits per heavy atom. The van der Waals surface area contributed by atoms with Crippen LogP contribution in [0.2, 0.25) is 0 Å². The Hall–Kier alpha value is -2.76. The van der Waals surface area contributed by atoms with E-state index in [0.717, 1.165) is 6.07 Å². The Morgan fingerprint density at radius 2 is 2.04 bits per heavy atom. The molecule has 3 rings (SSSR count). The van der Waals surface area contributed by atoms with Crippen molar-refractivity contribution in [3.05, 3.63) is 30.1 Å². The number of hydrogen-bond acceptors (Lipinski definition) is 6. The van der Waals surface area contributed by atoms with Crippen molar-refractivity contribution in [2.45, 2.75) is 0 Å². The number of phenolic OH excluding ortho intramolecular Hbond substituents is 1. The molecule has 0 unspecified atom stereocenters. The van der Waals surface area contributed by atoms with E-state index in [1.807, 2.05) is 4.72 Å². The largest absolute Gasteiger partial charge is 0.506 e. The summed E-state index contributed by atoms with van der Waals surface area (Å²) in [6.07, 6.45) is -1.30. The van der Waals surface area contributed by atoms with Crippen LogP contribution in [0.3, 0.4) is 0 Å². The lowest BCUT2D eigenvalue weighted by Gasteiger charge is -2.36. The molecule has 0 atom stereocenters. The minimum Gasteiger partial charge on any atom is -0.506 e. The summed E-state index contributed by atoms with van der Waals surface area (Å²) >= 11 is 0. The third kappa shape index (κ3) is 2.64. The van der Waals surface area contributed by atoms with Crippen LogP contribution in [0.25, 0.3) is 10.8 Å². The van der Waals surface area contributed by atoms with Gasteiger partial charge in [0.15, 0.2) is 5.82 Å². The Balaban J connectivity index is 2.14. The van der Waals surface area contributed by atoms with Gasteiger partial charge in [-0.05, 0) is 40.6 Å². The van der Waals surface area contributed by atoms with E-state index >= 15 is 0 Å². The van der Waals surface area contributed by atoms with Crippen LogP contribution >= 0.6 is 11.0 Å². The van der Waals surface area contributed by atoms with Gasteiger partial charge in [0.25, 0.3) is 5.91 Å². The molecule has 9 nitrogen and oxygen atoms in total. The van der Waals surface area contributed by atoms with E-state index in [0.29, 0.717) is 4.31 Å². The van der Waals surface area contributed by atoms with Crippen molar-refractivity contribution in [1.29, 1.82) is 0 Å². The molecule has 1 heterocycles. The third-order valence-corrected chi connectivity index (χ3v) is 4.80. The van der Waals surface area contributed by atoms with Crippen molar-refractivity contribution < 1.29 is 33.3 Å². The van der Waals surface area contributed by atoms with Crippen LogP contribution in [0.15, 0.2) is 24.3 Å². The first-order valence-electron chi connectivity index (χ1n) is 6.51. The molecule has 0 aliphatic carbocycles. The van der Waals surface area contributed by atoms with Gasteiger partial charge in [0.1, 0.15) is 18.0 Å². The summed E-state index contributed by atoms with van der Waals surface area (Å²) in [5.41, 5.74) is -0.358. The lowest BCUT2D eigenvalue weighted by Crippen LogP contribution is -2.26. The van der Waals surface area contributed by atoms with E-state index < -0.39 is 46.8 Å². The van der Waals surface area contributed by atoms with Gasteiger partial charge >= 0.3 is 6.09 Å². The molecule has 1 aliphatic rings. The first-order chi connectivity index (χ1) is 11.2. The number of nitrogens with one attached hydrogen (secondary N) is 2.